The van der Waals surface area contributed by atoms with E-state index in [1.165, 1.54) is 12.1 Å². The zero-order valence-corrected chi connectivity index (χ0v) is 15.4. The fourth-order valence-corrected chi connectivity index (χ4v) is 3.31. The van der Waals surface area contributed by atoms with Crippen LogP contribution in [0.2, 0.25) is 0 Å². The fraction of sp³-hybridized carbons (Fsp3) is 0.0435. The molecule has 3 aromatic rings. The Morgan fingerprint density at radius 2 is 1.07 bits per heavy atom. The van der Waals surface area contributed by atoms with Crippen molar-refractivity contribution in [3.63, 3.8) is 0 Å². The van der Waals surface area contributed by atoms with E-state index in [2.05, 4.69) is 4.74 Å². The predicted octanol–water partition coefficient (Wildman–Crippen LogP) is 5.07. The lowest BCUT2D eigenvalue weighted by Crippen LogP contribution is -2.31. The van der Waals surface area contributed by atoms with Crippen molar-refractivity contribution in [1.82, 2.24) is 0 Å². The molecule has 1 heterocycles. The van der Waals surface area contributed by atoms with Gasteiger partial charge in [0.2, 0.25) is 0 Å². The third kappa shape index (κ3) is 3.69. The highest BCUT2D eigenvalue weighted by atomic mass is 19.4. The van der Waals surface area contributed by atoms with Crippen molar-refractivity contribution in [1.29, 1.82) is 0 Å². The maximum atomic E-state index is 13.3. The van der Waals surface area contributed by atoms with Gasteiger partial charge < -0.3 is 4.74 Å². The van der Waals surface area contributed by atoms with Gasteiger partial charge in [-0.15, -0.1) is 13.2 Å². The lowest BCUT2D eigenvalue weighted by molar-refractivity contribution is -0.274. The van der Waals surface area contributed by atoms with Gasteiger partial charge in [-0.25, -0.2) is 4.90 Å². The van der Waals surface area contributed by atoms with Crippen LogP contribution in [0.3, 0.4) is 0 Å². The summed E-state index contributed by atoms with van der Waals surface area (Å²) in [7, 11) is 0. The van der Waals surface area contributed by atoms with Crippen LogP contribution >= 0.6 is 0 Å². The molecule has 0 fully saturated rings. The second kappa shape index (κ2) is 7.51. The zero-order chi connectivity index (χ0) is 21.3. The quantitative estimate of drug-likeness (QED) is 0.566. The Labute approximate surface area is 169 Å². The molecule has 150 valence electrons. The molecule has 3 aromatic carbocycles. The van der Waals surface area contributed by atoms with Crippen molar-refractivity contribution in [2.75, 3.05) is 4.90 Å². The van der Waals surface area contributed by atoms with Crippen LogP contribution in [-0.4, -0.2) is 18.2 Å². The van der Waals surface area contributed by atoms with Gasteiger partial charge >= 0.3 is 6.36 Å². The number of hydrogen-bond acceptors (Lipinski definition) is 3. The van der Waals surface area contributed by atoms with E-state index in [0.29, 0.717) is 11.1 Å². The Kier molecular flexibility index (Phi) is 4.87. The summed E-state index contributed by atoms with van der Waals surface area (Å²) in [6, 6.07) is 22.2. The van der Waals surface area contributed by atoms with E-state index in [-0.39, 0.29) is 16.8 Å². The maximum absolute atomic E-state index is 13.3. The summed E-state index contributed by atoms with van der Waals surface area (Å²) in [5.41, 5.74) is 1.78. The Hall–Kier alpha value is -3.87. The van der Waals surface area contributed by atoms with Gasteiger partial charge in [-0.3, -0.25) is 9.59 Å². The van der Waals surface area contributed by atoms with Crippen molar-refractivity contribution in [2.24, 2.45) is 0 Å². The first kappa shape index (κ1) is 19.4. The molecule has 4 nitrogen and oxygen atoms in total. The molecule has 0 N–H and O–H groups in total. The summed E-state index contributed by atoms with van der Waals surface area (Å²) in [6.45, 7) is 0. The number of anilines is 1. The molecule has 0 saturated carbocycles. The van der Waals surface area contributed by atoms with Crippen LogP contribution in [-0.2, 0) is 9.59 Å². The Balaban J connectivity index is 1.77. The number of imide groups is 1. The minimum atomic E-state index is -4.83. The highest BCUT2D eigenvalue weighted by Gasteiger charge is 2.40. The molecule has 0 atom stereocenters. The summed E-state index contributed by atoms with van der Waals surface area (Å²) in [4.78, 5) is 27.5. The number of rotatable bonds is 4. The Bertz CT molecular complexity index is 1060. The molecule has 0 bridgehead atoms. The van der Waals surface area contributed by atoms with E-state index < -0.39 is 23.9 Å². The molecule has 4 rings (SSSR count). The molecule has 0 radical (unpaired) electrons. The smallest absolute Gasteiger partial charge is 0.406 e. The predicted molar refractivity (Wildman–Crippen MR) is 105 cm³/mol. The summed E-state index contributed by atoms with van der Waals surface area (Å²) in [6.07, 6.45) is -4.83. The van der Waals surface area contributed by atoms with E-state index in [1.54, 1.807) is 60.7 Å². The van der Waals surface area contributed by atoms with Gasteiger partial charge in [-0.2, -0.15) is 0 Å². The number of ether oxygens (including phenoxy) is 1. The van der Waals surface area contributed by atoms with E-state index in [0.717, 1.165) is 17.0 Å². The first-order valence-corrected chi connectivity index (χ1v) is 8.95. The van der Waals surface area contributed by atoms with Gasteiger partial charge in [0, 0.05) is 0 Å². The second-order valence-electron chi connectivity index (χ2n) is 6.47. The normalized spacial score (nSPS) is 14.4. The number of benzene rings is 3. The Morgan fingerprint density at radius 1 is 0.633 bits per heavy atom. The molecular formula is C23H14F3NO3. The molecule has 1 aliphatic heterocycles. The SMILES string of the molecule is O=C1C(c2ccccc2)=C(c2ccccc2)C(=O)N1c1ccc(OC(F)(F)F)cc1. The number of alkyl halides is 3. The number of nitrogens with zero attached hydrogens (tertiary/aromatic N) is 1. The molecule has 1 aliphatic rings. The van der Waals surface area contributed by atoms with Gasteiger partial charge in [0.1, 0.15) is 5.75 Å². The van der Waals surface area contributed by atoms with Crippen molar-refractivity contribution in [3.05, 3.63) is 96.1 Å². The van der Waals surface area contributed by atoms with Gasteiger partial charge in [0.25, 0.3) is 11.8 Å². The van der Waals surface area contributed by atoms with Gasteiger partial charge in [0.15, 0.2) is 0 Å². The molecule has 30 heavy (non-hydrogen) atoms. The number of carbonyl (C=O) groups is 2. The van der Waals surface area contributed by atoms with E-state index in [9.17, 15) is 22.8 Å². The summed E-state index contributed by atoms with van der Waals surface area (Å²) in [5.74, 6) is -1.53. The van der Waals surface area contributed by atoms with Crippen LogP contribution in [0.15, 0.2) is 84.9 Å². The van der Waals surface area contributed by atoms with E-state index >= 15 is 0 Å². The van der Waals surface area contributed by atoms with Crippen molar-refractivity contribution >= 4 is 28.6 Å². The molecule has 0 aliphatic carbocycles. The number of amides is 2. The average molecular weight is 409 g/mol. The first-order valence-electron chi connectivity index (χ1n) is 8.95. The van der Waals surface area contributed by atoms with Crippen LogP contribution in [0, 0.1) is 0 Å². The molecule has 0 aromatic heterocycles. The fourth-order valence-electron chi connectivity index (χ4n) is 3.31. The third-order valence-corrected chi connectivity index (χ3v) is 4.54. The van der Waals surface area contributed by atoms with Crippen LogP contribution < -0.4 is 9.64 Å². The molecule has 7 heteroatoms. The largest absolute Gasteiger partial charge is 0.573 e. The standard InChI is InChI=1S/C23H14F3NO3/c24-23(25,26)30-18-13-11-17(12-14-18)27-21(28)19(15-7-3-1-4-8-15)20(22(27)29)16-9-5-2-6-10-16/h1-14H. The topological polar surface area (TPSA) is 46.6 Å². The highest BCUT2D eigenvalue weighted by molar-refractivity contribution is 6.56. The van der Waals surface area contributed by atoms with Gasteiger partial charge in [-0.1, -0.05) is 60.7 Å². The van der Waals surface area contributed by atoms with Gasteiger partial charge in [0.05, 0.1) is 16.8 Å². The Morgan fingerprint density at radius 3 is 1.47 bits per heavy atom. The lowest BCUT2D eigenvalue weighted by Gasteiger charge is -2.16. The van der Waals surface area contributed by atoms with Crippen LogP contribution in [0.5, 0.6) is 5.75 Å². The lowest BCUT2D eigenvalue weighted by atomic mass is 9.96. The van der Waals surface area contributed by atoms with Crippen LogP contribution in [0.4, 0.5) is 18.9 Å². The monoisotopic (exact) mass is 409 g/mol. The molecular weight excluding hydrogens is 395 g/mol. The third-order valence-electron chi connectivity index (χ3n) is 4.54. The second-order valence-corrected chi connectivity index (χ2v) is 6.47. The number of hydrogen-bond donors (Lipinski definition) is 0. The van der Waals surface area contributed by atoms with E-state index in [4.69, 9.17) is 0 Å². The van der Waals surface area contributed by atoms with Crippen LogP contribution in [0.1, 0.15) is 11.1 Å². The molecule has 0 unspecified atom stereocenters. The van der Waals surface area contributed by atoms with Crippen LogP contribution in [0.25, 0.3) is 11.1 Å². The first-order chi connectivity index (χ1) is 14.3. The average Bonchev–Trinajstić information content (AvgIpc) is 2.99. The van der Waals surface area contributed by atoms with Crippen molar-refractivity contribution in [2.45, 2.75) is 6.36 Å². The maximum Gasteiger partial charge on any atom is 0.573 e. The van der Waals surface area contributed by atoms with E-state index in [1.807, 2.05) is 0 Å². The highest BCUT2D eigenvalue weighted by Crippen LogP contribution is 2.38. The zero-order valence-electron chi connectivity index (χ0n) is 15.4. The number of halogens is 3. The summed E-state index contributed by atoms with van der Waals surface area (Å²) >= 11 is 0. The van der Waals surface area contributed by atoms with Crippen molar-refractivity contribution in [3.8, 4) is 5.75 Å². The molecule has 0 spiro atoms. The summed E-state index contributed by atoms with van der Waals surface area (Å²) in [5, 5.41) is 0. The number of carbonyl (C=O) groups excluding carboxylic acids is 2. The minimum absolute atomic E-state index is 0.152. The minimum Gasteiger partial charge on any atom is -0.406 e. The molecule has 0 saturated heterocycles. The molecule has 2 amide bonds. The van der Waals surface area contributed by atoms with Gasteiger partial charge in [-0.05, 0) is 35.4 Å². The summed E-state index contributed by atoms with van der Waals surface area (Å²) < 4.78 is 41.0. The van der Waals surface area contributed by atoms with Crippen molar-refractivity contribution < 1.29 is 27.5 Å².